The van der Waals surface area contributed by atoms with Crippen LogP contribution in [0.15, 0.2) is 29.3 Å². The number of carbonyl (C=O) groups is 3. The number of esters is 2. The van der Waals surface area contributed by atoms with E-state index in [0.717, 1.165) is 45.9 Å². The second-order valence-corrected chi connectivity index (χ2v) is 11.7. The van der Waals surface area contributed by atoms with Crippen LogP contribution in [0.1, 0.15) is 79.0 Å². The predicted molar refractivity (Wildman–Crippen MR) is 156 cm³/mol. The molecule has 0 amide bonds. The predicted octanol–water partition coefficient (Wildman–Crippen LogP) is 6.22. The van der Waals surface area contributed by atoms with E-state index in [9.17, 15) is 14.4 Å². The molecule has 0 unspecified atom stereocenters. The van der Waals surface area contributed by atoms with Gasteiger partial charge in [-0.15, -0.1) is 11.3 Å². The van der Waals surface area contributed by atoms with Gasteiger partial charge in [-0.25, -0.2) is 19.6 Å². The first kappa shape index (κ1) is 28.0. The lowest BCUT2D eigenvalue weighted by atomic mass is 10.1. The molecule has 3 aromatic heterocycles. The van der Waals surface area contributed by atoms with Gasteiger partial charge >= 0.3 is 11.9 Å². The van der Waals surface area contributed by atoms with Crippen LogP contribution in [0.4, 0.5) is 0 Å². The Morgan fingerprint density at radius 1 is 0.950 bits per heavy atom. The minimum Gasteiger partial charge on any atom is -0.462 e. The Balaban J connectivity index is 1.46. The first-order chi connectivity index (χ1) is 19.2. The van der Waals surface area contributed by atoms with E-state index in [1.54, 1.807) is 37.3 Å². The van der Waals surface area contributed by atoms with E-state index in [1.165, 1.54) is 28.3 Å². The van der Waals surface area contributed by atoms with E-state index in [0.29, 0.717) is 17.1 Å². The third-order valence-corrected chi connectivity index (χ3v) is 9.07. The van der Waals surface area contributed by atoms with Gasteiger partial charge in [-0.3, -0.25) is 4.79 Å². The molecule has 0 spiro atoms. The van der Waals surface area contributed by atoms with E-state index in [4.69, 9.17) is 14.5 Å². The Hall–Kier alpha value is -3.50. The zero-order valence-electron chi connectivity index (χ0n) is 23.3. The number of benzene rings is 1. The van der Waals surface area contributed by atoms with Crippen molar-refractivity contribution in [3.8, 4) is 5.69 Å². The highest BCUT2D eigenvalue weighted by Crippen LogP contribution is 2.40. The van der Waals surface area contributed by atoms with Gasteiger partial charge in [0.1, 0.15) is 15.7 Å². The highest BCUT2D eigenvalue weighted by molar-refractivity contribution is 8.00. The van der Waals surface area contributed by atoms with Crippen LogP contribution in [0.2, 0.25) is 0 Å². The molecule has 3 heterocycles. The van der Waals surface area contributed by atoms with Crippen molar-refractivity contribution in [3.63, 3.8) is 0 Å². The summed E-state index contributed by atoms with van der Waals surface area (Å²) >= 11 is 3.20. The van der Waals surface area contributed by atoms with E-state index < -0.39 is 11.9 Å². The molecular formula is C30H31N3O5S2. The van der Waals surface area contributed by atoms with Gasteiger partial charge in [0, 0.05) is 32.9 Å². The Labute approximate surface area is 241 Å². The quantitative estimate of drug-likeness (QED) is 0.1000. The molecule has 0 aliphatic heterocycles. The lowest BCUT2D eigenvalue weighted by Crippen LogP contribution is -2.12. The lowest BCUT2D eigenvalue weighted by molar-refractivity contribution is 0.0525. The molecule has 208 valence electrons. The highest BCUT2D eigenvalue weighted by atomic mass is 32.2. The number of hydrogen-bond acceptors (Lipinski definition) is 9. The number of hydrogen-bond donors (Lipinski definition) is 0. The standard InChI is InChI=1S/C30H31N3O5S2/c1-6-37-29(35)19-12-20(30(36)38-7-2)14-21(13-19)33-16(3)11-23(17(33)4)24(34)15-39-27-26-22-9-8-10-25(22)40-28(26)32-18(5)31-27/h11-14H,6-10,15H2,1-5H3. The van der Waals surface area contributed by atoms with Crippen LogP contribution < -0.4 is 0 Å². The minimum atomic E-state index is -0.531. The maximum absolute atomic E-state index is 13.5. The normalized spacial score (nSPS) is 12.5. The van der Waals surface area contributed by atoms with E-state index in [-0.39, 0.29) is 35.9 Å². The first-order valence-corrected chi connectivity index (χ1v) is 15.2. The third-order valence-electron chi connectivity index (χ3n) is 6.91. The number of fused-ring (bicyclic) bond motifs is 3. The number of nitrogens with zero attached hydrogens (tertiary/aromatic N) is 3. The average Bonchev–Trinajstić information content (AvgIpc) is 3.59. The molecule has 0 bridgehead atoms. The largest absolute Gasteiger partial charge is 0.462 e. The Kier molecular flexibility index (Phi) is 8.09. The smallest absolute Gasteiger partial charge is 0.338 e. The molecule has 10 heteroatoms. The molecular weight excluding hydrogens is 546 g/mol. The summed E-state index contributed by atoms with van der Waals surface area (Å²) in [6, 6.07) is 6.66. The number of aromatic nitrogens is 3. The van der Waals surface area contributed by atoms with E-state index >= 15 is 0 Å². The monoisotopic (exact) mass is 577 g/mol. The van der Waals surface area contributed by atoms with Crippen LogP contribution in [0.5, 0.6) is 0 Å². The van der Waals surface area contributed by atoms with Gasteiger partial charge < -0.3 is 14.0 Å². The molecule has 1 aromatic carbocycles. The van der Waals surface area contributed by atoms with Crippen molar-refractivity contribution in [1.82, 2.24) is 14.5 Å². The second-order valence-electron chi connectivity index (χ2n) is 9.66. The zero-order chi connectivity index (χ0) is 28.6. The summed E-state index contributed by atoms with van der Waals surface area (Å²) < 4.78 is 12.2. The third kappa shape index (κ3) is 5.30. The summed E-state index contributed by atoms with van der Waals surface area (Å²) in [6.07, 6.45) is 3.26. The number of ether oxygens (including phenoxy) is 2. The number of rotatable bonds is 9. The SMILES string of the molecule is CCOC(=O)c1cc(C(=O)OCC)cc(-n2c(C)cc(C(=O)CSc3nc(C)nc4sc5c(c34)CCC5)c2C)c1. The molecule has 0 saturated carbocycles. The summed E-state index contributed by atoms with van der Waals surface area (Å²) in [6.45, 7) is 9.52. The Morgan fingerprint density at radius 2 is 1.62 bits per heavy atom. The summed E-state index contributed by atoms with van der Waals surface area (Å²) in [5.74, 6) is -0.141. The van der Waals surface area contributed by atoms with Crippen molar-refractivity contribution in [2.75, 3.05) is 19.0 Å². The first-order valence-electron chi connectivity index (χ1n) is 13.3. The van der Waals surface area contributed by atoms with Gasteiger partial charge in [-0.2, -0.15) is 0 Å². The Bertz CT molecular complexity index is 1620. The summed E-state index contributed by atoms with van der Waals surface area (Å²) in [5, 5.41) is 1.97. The van der Waals surface area contributed by atoms with Crippen LogP contribution in [0.3, 0.4) is 0 Å². The zero-order valence-corrected chi connectivity index (χ0v) is 24.9. The number of thioether (sulfide) groups is 1. The molecule has 1 aliphatic carbocycles. The average molecular weight is 578 g/mol. The number of Topliss-reactive ketones (excluding diaryl/α,β-unsaturated/α-hetero) is 1. The van der Waals surface area contributed by atoms with Crippen molar-refractivity contribution in [2.45, 2.75) is 58.9 Å². The van der Waals surface area contributed by atoms with Crippen molar-refractivity contribution >= 4 is 51.0 Å². The van der Waals surface area contributed by atoms with Crippen molar-refractivity contribution < 1.29 is 23.9 Å². The number of carbonyl (C=O) groups excluding carboxylic acids is 3. The molecule has 0 N–H and O–H groups in total. The maximum atomic E-state index is 13.5. The number of aryl methyl sites for hydroxylation is 4. The lowest BCUT2D eigenvalue weighted by Gasteiger charge is -2.14. The molecule has 0 fully saturated rings. The molecule has 4 aromatic rings. The van der Waals surface area contributed by atoms with Crippen LogP contribution in [0, 0.1) is 20.8 Å². The molecule has 0 saturated heterocycles. The van der Waals surface area contributed by atoms with Crippen molar-refractivity contribution in [1.29, 1.82) is 0 Å². The van der Waals surface area contributed by atoms with E-state index in [2.05, 4.69) is 4.98 Å². The van der Waals surface area contributed by atoms with Gasteiger partial charge in [0.2, 0.25) is 0 Å². The van der Waals surface area contributed by atoms with Crippen molar-refractivity contribution in [2.24, 2.45) is 0 Å². The molecule has 5 rings (SSSR count). The molecule has 1 aliphatic rings. The second kappa shape index (κ2) is 11.5. The summed E-state index contributed by atoms with van der Waals surface area (Å²) in [7, 11) is 0. The minimum absolute atomic E-state index is 0.0206. The van der Waals surface area contributed by atoms with Gasteiger partial charge in [0.15, 0.2) is 5.78 Å². The molecule has 8 nitrogen and oxygen atoms in total. The molecule has 0 radical (unpaired) electrons. The summed E-state index contributed by atoms with van der Waals surface area (Å²) in [5.41, 5.74) is 4.51. The van der Waals surface area contributed by atoms with Crippen LogP contribution in [-0.2, 0) is 22.3 Å². The molecule has 0 atom stereocenters. The van der Waals surface area contributed by atoms with Gasteiger partial charge in [-0.1, -0.05) is 11.8 Å². The van der Waals surface area contributed by atoms with E-state index in [1.807, 2.05) is 31.4 Å². The van der Waals surface area contributed by atoms with Crippen LogP contribution in [0.25, 0.3) is 15.9 Å². The fourth-order valence-electron chi connectivity index (χ4n) is 5.23. The van der Waals surface area contributed by atoms with Gasteiger partial charge in [0.05, 0.1) is 30.1 Å². The maximum Gasteiger partial charge on any atom is 0.338 e. The fraction of sp³-hybridized carbons (Fsp3) is 0.367. The highest BCUT2D eigenvalue weighted by Gasteiger charge is 2.24. The topological polar surface area (TPSA) is 100 Å². The fourth-order valence-corrected chi connectivity index (χ4v) is 7.58. The van der Waals surface area contributed by atoms with Gasteiger partial charge in [-0.05, 0) is 83.7 Å². The number of ketones is 1. The van der Waals surface area contributed by atoms with Crippen LogP contribution in [-0.4, -0.2) is 51.2 Å². The van der Waals surface area contributed by atoms with Crippen molar-refractivity contribution in [3.05, 3.63) is 68.6 Å². The van der Waals surface area contributed by atoms with Gasteiger partial charge in [0.25, 0.3) is 0 Å². The Morgan fingerprint density at radius 3 is 2.27 bits per heavy atom. The number of thiophene rings is 1. The molecule has 40 heavy (non-hydrogen) atoms. The van der Waals surface area contributed by atoms with Crippen LogP contribution >= 0.6 is 23.1 Å². The summed E-state index contributed by atoms with van der Waals surface area (Å²) in [4.78, 5) is 50.4.